The molecule has 5 nitrogen and oxygen atoms in total. The number of benzene rings is 2. The van der Waals surface area contributed by atoms with Gasteiger partial charge in [-0.2, -0.15) is 13.2 Å². The maximum absolute atomic E-state index is 13.6. The van der Waals surface area contributed by atoms with Crippen LogP contribution in [0.3, 0.4) is 0 Å². The molecular formula is C26H26Cl2F3N3O2. The van der Waals surface area contributed by atoms with Crippen LogP contribution in [0.5, 0.6) is 5.75 Å². The number of carbonyl (C=O) groups excluding carboxylic acids is 1. The molecule has 4 rings (SSSR count). The van der Waals surface area contributed by atoms with Crippen LogP contribution in [0.25, 0.3) is 16.9 Å². The molecule has 0 N–H and O–H groups in total. The summed E-state index contributed by atoms with van der Waals surface area (Å²) in [5.74, 6) is 0.158. The normalized spacial score (nSPS) is 14.6. The number of amides is 1. The summed E-state index contributed by atoms with van der Waals surface area (Å²) in [6, 6.07) is 13.5. The molecule has 1 saturated heterocycles. The van der Waals surface area contributed by atoms with Gasteiger partial charge in [-0.25, -0.2) is 5.01 Å². The molecule has 1 aromatic heterocycles. The Bertz CT molecular complexity index is 1210. The van der Waals surface area contributed by atoms with E-state index in [0.717, 1.165) is 32.4 Å². The van der Waals surface area contributed by atoms with Gasteiger partial charge < -0.3 is 9.30 Å². The Morgan fingerprint density at radius 2 is 1.72 bits per heavy atom. The molecule has 36 heavy (non-hydrogen) atoms. The lowest BCUT2D eigenvalue weighted by Crippen LogP contribution is -2.46. The van der Waals surface area contributed by atoms with Gasteiger partial charge in [-0.1, -0.05) is 29.6 Å². The van der Waals surface area contributed by atoms with Gasteiger partial charge in [-0.05, 0) is 61.4 Å². The smallest absolute Gasteiger partial charge is 0.392 e. The molecule has 2 aromatic carbocycles. The summed E-state index contributed by atoms with van der Waals surface area (Å²) >= 11 is 12.7. The van der Waals surface area contributed by atoms with Gasteiger partial charge in [0.25, 0.3) is 5.91 Å². The Balaban J connectivity index is 1.68. The minimum absolute atomic E-state index is 0.163. The summed E-state index contributed by atoms with van der Waals surface area (Å²) in [5, 5.41) is 4.57. The van der Waals surface area contributed by atoms with E-state index in [1.54, 1.807) is 66.8 Å². The van der Waals surface area contributed by atoms with Gasteiger partial charge in [-0.15, -0.1) is 0 Å². The van der Waals surface area contributed by atoms with Crippen molar-refractivity contribution >= 4 is 29.1 Å². The van der Waals surface area contributed by atoms with Crippen molar-refractivity contribution in [1.29, 1.82) is 0 Å². The van der Waals surface area contributed by atoms with Gasteiger partial charge in [0.15, 0.2) is 0 Å². The van der Waals surface area contributed by atoms with Crippen LogP contribution in [-0.2, 0) is 0 Å². The molecule has 0 spiro atoms. The van der Waals surface area contributed by atoms with E-state index in [4.69, 9.17) is 27.9 Å². The Hall–Kier alpha value is -2.68. The zero-order valence-corrected chi connectivity index (χ0v) is 21.2. The van der Waals surface area contributed by atoms with Crippen molar-refractivity contribution in [2.24, 2.45) is 0 Å². The monoisotopic (exact) mass is 539 g/mol. The Kier molecular flexibility index (Phi) is 8.17. The van der Waals surface area contributed by atoms with Gasteiger partial charge in [0.1, 0.15) is 5.75 Å². The zero-order chi connectivity index (χ0) is 25.9. The third kappa shape index (κ3) is 6.17. The Morgan fingerprint density at radius 1 is 1.03 bits per heavy atom. The number of carbonyl (C=O) groups is 1. The van der Waals surface area contributed by atoms with E-state index in [2.05, 4.69) is 0 Å². The average Bonchev–Trinajstić information content (AvgIpc) is 3.28. The molecule has 0 aliphatic carbocycles. The fourth-order valence-electron chi connectivity index (χ4n) is 4.24. The highest BCUT2D eigenvalue weighted by Gasteiger charge is 2.28. The van der Waals surface area contributed by atoms with Crippen LogP contribution in [0.4, 0.5) is 13.2 Å². The minimum atomic E-state index is -4.28. The molecule has 192 valence electrons. The highest BCUT2D eigenvalue weighted by atomic mass is 35.5. The number of nitrogens with zero attached hydrogens (tertiary/aromatic N) is 3. The molecular weight excluding hydrogens is 514 g/mol. The van der Waals surface area contributed by atoms with Crippen LogP contribution in [-0.4, -0.2) is 53.4 Å². The molecule has 0 radical (unpaired) electrons. The summed E-state index contributed by atoms with van der Waals surface area (Å²) in [4.78, 5) is 13.6. The second-order valence-corrected chi connectivity index (χ2v) is 9.47. The van der Waals surface area contributed by atoms with Crippen molar-refractivity contribution in [3.63, 3.8) is 0 Å². The molecule has 1 amide bonds. The second kappa shape index (κ2) is 11.2. The lowest BCUT2D eigenvalue weighted by atomic mass is 10.1. The number of ether oxygens (including phenoxy) is 1. The molecule has 1 aliphatic heterocycles. The van der Waals surface area contributed by atoms with Gasteiger partial charge in [-0.3, -0.25) is 9.80 Å². The third-order valence-electron chi connectivity index (χ3n) is 6.12. The van der Waals surface area contributed by atoms with E-state index in [-0.39, 0.29) is 5.91 Å². The predicted molar refractivity (Wildman–Crippen MR) is 135 cm³/mol. The Morgan fingerprint density at radius 3 is 2.36 bits per heavy atom. The molecule has 1 aliphatic rings. The summed E-state index contributed by atoms with van der Waals surface area (Å²) < 4.78 is 44.3. The summed E-state index contributed by atoms with van der Waals surface area (Å²) in [5.41, 5.74) is 2.39. The van der Waals surface area contributed by atoms with Crippen molar-refractivity contribution in [3.8, 4) is 22.7 Å². The van der Waals surface area contributed by atoms with E-state index in [1.165, 1.54) is 0 Å². The number of halogens is 5. The number of alkyl halides is 3. The lowest BCUT2D eigenvalue weighted by molar-refractivity contribution is -0.139. The third-order valence-corrected chi connectivity index (χ3v) is 6.67. The van der Waals surface area contributed by atoms with Gasteiger partial charge in [0.2, 0.25) is 0 Å². The first-order chi connectivity index (χ1) is 17.1. The van der Waals surface area contributed by atoms with E-state index in [9.17, 15) is 18.0 Å². The molecule has 3 aromatic rings. The lowest BCUT2D eigenvalue weighted by Gasteiger charge is -2.34. The molecule has 0 atom stereocenters. The fraction of sp³-hybridized carbons (Fsp3) is 0.346. The maximum Gasteiger partial charge on any atom is 0.392 e. The number of piperidine rings is 1. The van der Waals surface area contributed by atoms with E-state index < -0.39 is 19.2 Å². The SMILES string of the molecule is CN(C(=O)c1ccn(-c2ccc(OCCC(F)(F)F)cc2)c1-c1ccc(Cl)cc1Cl)N1CCCCC1. The summed E-state index contributed by atoms with van der Waals surface area (Å²) in [6.07, 6.45) is -0.311. The van der Waals surface area contributed by atoms with E-state index in [1.807, 2.05) is 9.58 Å². The highest BCUT2D eigenvalue weighted by Crippen LogP contribution is 2.36. The van der Waals surface area contributed by atoms with Crippen molar-refractivity contribution in [3.05, 3.63) is 70.3 Å². The van der Waals surface area contributed by atoms with Crippen molar-refractivity contribution < 1.29 is 22.7 Å². The average molecular weight is 540 g/mol. The molecule has 0 saturated carbocycles. The first kappa shape index (κ1) is 26.4. The summed E-state index contributed by atoms with van der Waals surface area (Å²) in [7, 11) is 1.77. The quantitative estimate of drug-likeness (QED) is 0.317. The second-order valence-electron chi connectivity index (χ2n) is 8.62. The van der Waals surface area contributed by atoms with Crippen LogP contribution < -0.4 is 4.74 Å². The predicted octanol–water partition coefficient (Wildman–Crippen LogP) is 7.26. The highest BCUT2D eigenvalue weighted by molar-refractivity contribution is 6.36. The van der Waals surface area contributed by atoms with Crippen LogP contribution in [0.2, 0.25) is 10.0 Å². The van der Waals surface area contributed by atoms with Crippen LogP contribution in [0.15, 0.2) is 54.7 Å². The number of hydrazine groups is 1. The number of rotatable bonds is 7. The van der Waals surface area contributed by atoms with Crippen LogP contribution >= 0.6 is 23.2 Å². The van der Waals surface area contributed by atoms with Gasteiger partial charge in [0, 0.05) is 42.6 Å². The van der Waals surface area contributed by atoms with Crippen molar-refractivity contribution in [2.75, 3.05) is 26.7 Å². The largest absolute Gasteiger partial charge is 0.493 e. The molecule has 0 bridgehead atoms. The topological polar surface area (TPSA) is 37.7 Å². The first-order valence-corrected chi connectivity index (χ1v) is 12.4. The van der Waals surface area contributed by atoms with Crippen molar-refractivity contribution in [1.82, 2.24) is 14.6 Å². The van der Waals surface area contributed by atoms with Crippen LogP contribution in [0, 0.1) is 0 Å². The number of hydrogen-bond donors (Lipinski definition) is 0. The maximum atomic E-state index is 13.6. The summed E-state index contributed by atoms with van der Waals surface area (Å²) in [6.45, 7) is 1.17. The Labute approximate surface area is 217 Å². The first-order valence-electron chi connectivity index (χ1n) is 11.6. The standard InChI is InChI=1S/C26H26Cl2F3N3O2/c1-32(33-13-3-2-4-14-33)25(35)22-11-15-34(24(22)21-10-5-18(27)17-23(21)28)19-6-8-20(9-7-19)36-16-12-26(29,30)31/h5-11,15,17H,2-4,12-14,16H2,1H3. The minimum Gasteiger partial charge on any atom is -0.493 e. The van der Waals surface area contributed by atoms with Gasteiger partial charge >= 0.3 is 6.18 Å². The molecule has 0 unspecified atom stereocenters. The number of aromatic nitrogens is 1. The molecule has 1 fully saturated rings. The molecule has 2 heterocycles. The van der Waals surface area contributed by atoms with E-state index >= 15 is 0 Å². The zero-order valence-electron chi connectivity index (χ0n) is 19.7. The van der Waals surface area contributed by atoms with Crippen molar-refractivity contribution in [2.45, 2.75) is 31.9 Å². The fourth-order valence-corrected chi connectivity index (χ4v) is 4.74. The molecule has 10 heteroatoms. The number of hydrogen-bond acceptors (Lipinski definition) is 3. The van der Waals surface area contributed by atoms with Gasteiger partial charge in [0.05, 0.1) is 29.3 Å². The van der Waals surface area contributed by atoms with E-state index in [0.29, 0.717) is 38.3 Å². The van der Waals surface area contributed by atoms with Crippen LogP contribution in [0.1, 0.15) is 36.0 Å².